The number of carbonyl (C=O) groups is 1. The molecule has 1 aromatic heterocycles. The van der Waals surface area contributed by atoms with Crippen LogP contribution >= 0.6 is 0 Å². The molecule has 4 nitrogen and oxygen atoms in total. The summed E-state index contributed by atoms with van der Waals surface area (Å²) in [7, 11) is 0. The van der Waals surface area contributed by atoms with Crippen molar-refractivity contribution in [2.24, 2.45) is 5.41 Å². The maximum Gasteiger partial charge on any atom is 0.253 e. The second kappa shape index (κ2) is 5.35. The lowest BCUT2D eigenvalue weighted by molar-refractivity contribution is -0.128. The van der Waals surface area contributed by atoms with Gasteiger partial charge in [0.2, 0.25) is 5.91 Å². The number of carbonyl (C=O) groups excluding carboxylic acids is 1. The van der Waals surface area contributed by atoms with Crippen LogP contribution < -0.4 is 10.9 Å². The molecule has 1 heterocycles. The molecule has 0 saturated carbocycles. The number of aryl methyl sites for hydroxylation is 2. The van der Waals surface area contributed by atoms with Crippen LogP contribution in [0.2, 0.25) is 0 Å². The lowest BCUT2D eigenvalue weighted by atomic mass is 9.95. The zero-order valence-corrected chi connectivity index (χ0v) is 13.3. The number of fused-ring (bicyclic) bond motifs is 1. The fraction of sp³-hybridized carbons (Fsp3) is 0.412. The third-order valence-corrected chi connectivity index (χ3v) is 3.51. The highest BCUT2D eigenvalue weighted by Gasteiger charge is 2.20. The smallest absolute Gasteiger partial charge is 0.253 e. The van der Waals surface area contributed by atoms with Crippen molar-refractivity contribution in [2.75, 3.05) is 0 Å². The molecule has 1 amide bonds. The van der Waals surface area contributed by atoms with Crippen LogP contribution in [0.1, 0.15) is 37.5 Å². The van der Waals surface area contributed by atoms with Crippen LogP contribution in [-0.2, 0) is 11.3 Å². The highest BCUT2D eigenvalue weighted by Crippen LogP contribution is 2.18. The second-order valence-corrected chi connectivity index (χ2v) is 6.60. The van der Waals surface area contributed by atoms with Crippen molar-refractivity contribution in [1.29, 1.82) is 0 Å². The summed E-state index contributed by atoms with van der Waals surface area (Å²) in [6.45, 7) is 9.81. The van der Waals surface area contributed by atoms with Crippen LogP contribution in [0.4, 0.5) is 0 Å². The molecule has 0 saturated heterocycles. The summed E-state index contributed by atoms with van der Waals surface area (Å²) < 4.78 is 0. The number of H-pyrrole nitrogens is 1. The number of rotatable bonds is 2. The number of benzene rings is 1. The molecule has 0 bridgehead atoms. The minimum absolute atomic E-state index is 0.0670. The van der Waals surface area contributed by atoms with Gasteiger partial charge in [0.25, 0.3) is 5.56 Å². The van der Waals surface area contributed by atoms with Crippen molar-refractivity contribution in [3.8, 4) is 0 Å². The van der Waals surface area contributed by atoms with Gasteiger partial charge < -0.3 is 10.3 Å². The Bertz CT molecular complexity index is 752. The molecule has 0 aliphatic carbocycles. The topological polar surface area (TPSA) is 62.0 Å². The van der Waals surface area contributed by atoms with Crippen LogP contribution in [-0.4, -0.2) is 10.9 Å². The van der Waals surface area contributed by atoms with E-state index in [1.54, 1.807) is 0 Å². The number of aromatic nitrogens is 1. The summed E-state index contributed by atoms with van der Waals surface area (Å²) in [6, 6.07) is 5.91. The van der Waals surface area contributed by atoms with Gasteiger partial charge in [-0.3, -0.25) is 9.59 Å². The molecular weight excluding hydrogens is 264 g/mol. The lowest BCUT2D eigenvalue weighted by Crippen LogP contribution is -2.35. The van der Waals surface area contributed by atoms with Crippen LogP contribution in [0, 0.1) is 19.3 Å². The average molecular weight is 286 g/mol. The highest BCUT2D eigenvalue weighted by molar-refractivity contribution is 5.84. The van der Waals surface area contributed by atoms with Gasteiger partial charge in [-0.2, -0.15) is 0 Å². The van der Waals surface area contributed by atoms with Crippen molar-refractivity contribution < 1.29 is 4.79 Å². The molecule has 2 rings (SSSR count). The number of hydrogen-bond acceptors (Lipinski definition) is 2. The molecule has 0 aliphatic rings. The summed E-state index contributed by atoms with van der Waals surface area (Å²) in [4.78, 5) is 26.9. The third-order valence-electron chi connectivity index (χ3n) is 3.51. The second-order valence-electron chi connectivity index (χ2n) is 6.60. The maximum absolute atomic E-state index is 12.1. The first kappa shape index (κ1) is 15.3. The van der Waals surface area contributed by atoms with Gasteiger partial charge in [0.05, 0.1) is 0 Å². The largest absolute Gasteiger partial charge is 0.351 e. The lowest BCUT2D eigenvalue weighted by Gasteiger charge is -2.17. The van der Waals surface area contributed by atoms with Gasteiger partial charge >= 0.3 is 0 Å². The molecule has 0 atom stereocenters. The van der Waals surface area contributed by atoms with Gasteiger partial charge in [0.1, 0.15) is 0 Å². The monoisotopic (exact) mass is 286 g/mol. The van der Waals surface area contributed by atoms with Crippen molar-refractivity contribution >= 4 is 16.8 Å². The van der Waals surface area contributed by atoms with Crippen LogP contribution in [0.25, 0.3) is 10.9 Å². The minimum Gasteiger partial charge on any atom is -0.351 e. The summed E-state index contributed by atoms with van der Waals surface area (Å²) >= 11 is 0. The van der Waals surface area contributed by atoms with E-state index in [4.69, 9.17) is 0 Å². The van der Waals surface area contributed by atoms with Gasteiger partial charge in [0, 0.05) is 28.4 Å². The maximum atomic E-state index is 12.1. The Morgan fingerprint density at radius 2 is 1.86 bits per heavy atom. The van der Waals surface area contributed by atoms with Gasteiger partial charge in [-0.1, -0.05) is 26.8 Å². The van der Waals surface area contributed by atoms with E-state index >= 15 is 0 Å². The van der Waals surface area contributed by atoms with E-state index in [-0.39, 0.29) is 18.0 Å². The van der Waals surface area contributed by atoms with E-state index in [0.717, 1.165) is 22.0 Å². The van der Waals surface area contributed by atoms with E-state index in [9.17, 15) is 9.59 Å². The molecular formula is C17H22N2O2. The Kier molecular flexibility index (Phi) is 3.90. The minimum atomic E-state index is -0.462. The first-order valence-electron chi connectivity index (χ1n) is 7.10. The summed E-state index contributed by atoms with van der Waals surface area (Å²) in [6.07, 6.45) is 0. The molecule has 0 radical (unpaired) electrons. The molecule has 21 heavy (non-hydrogen) atoms. The van der Waals surface area contributed by atoms with Crippen molar-refractivity contribution in [1.82, 2.24) is 10.3 Å². The van der Waals surface area contributed by atoms with Gasteiger partial charge in [-0.05, 0) is 37.1 Å². The van der Waals surface area contributed by atoms with E-state index in [1.165, 1.54) is 0 Å². The van der Waals surface area contributed by atoms with Crippen LogP contribution in [0.5, 0.6) is 0 Å². The van der Waals surface area contributed by atoms with E-state index in [1.807, 2.05) is 46.8 Å². The molecule has 2 aromatic rings. The first-order chi connectivity index (χ1) is 9.68. The molecule has 112 valence electrons. The predicted molar refractivity (Wildman–Crippen MR) is 85.3 cm³/mol. The van der Waals surface area contributed by atoms with Crippen LogP contribution in [0.15, 0.2) is 23.0 Å². The summed E-state index contributed by atoms with van der Waals surface area (Å²) in [5.41, 5.74) is 3.03. The normalized spacial score (nSPS) is 11.7. The predicted octanol–water partition coefficient (Wildman–Crippen LogP) is 2.81. The standard InChI is InChI=1S/C17H22N2O2/c1-10-6-11(2)13-8-12(15(20)19-14(13)7-10)9-18-16(21)17(3,4)5/h6-8H,9H2,1-5H3,(H,18,21)(H,19,20). The quantitative estimate of drug-likeness (QED) is 0.891. The Labute approximate surface area is 124 Å². The van der Waals surface area contributed by atoms with Gasteiger partial charge in [0.15, 0.2) is 0 Å². The Hall–Kier alpha value is -2.10. The molecule has 2 N–H and O–H groups in total. The Morgan fingerprint density at radius 1 is 1.19 bits per heavy atom. The molecule has 0 fully saturated rings. The number of aromatic amines is 1. The van der Waals surface area contributed by atoms with E-state index in [0.29, 0.717) is 5.56 Å². The molecule has 0 aliphatic heterocycles. The number of hydrogen-bond donors (Lipinski definition) is 2. The third kappa shape index (κ3) is 3.32. The molecule has 4 heteroatoms. The molecule has 0 spiro atoms. The van der Waals surface area contributed by atoms with Crippen LogP contribution in [0.3, 0.4) is 0 Å². The fourth-order valence-corrected chi connectivity index (χ4v) is 2.29. The Morgan fingerprint density at radius 3 is 2.48 bits per heavy atom. The molecule has 0 unspecified atom stereocenters. The zero-order valence-electron chi connectivity index (χ0n) is 13.3. The first-order valence-corrected chi connectivity index (χ1v) is 7.10. The SMILES string of the molecule is Cc1cc(C)c2cc(CNC(=O)C(C)(C)C)c(=O)[nH]c2c1. The van der Waals surface area contributed by atoms with Crippen molar-refractivity contribution in [3.05, 3.63) is 45.2 Å². The summed E-state index contributed by atoms with van der Waals surface area (Å²) in [5, 5.41) is 3.83. The van der Waals surface area contributed by atoms with Crippen molar-refractivity contribution in [2.45, 2.75) is 41.2 Å². The Balaban J connectivity index is 2.36. The fourth-order valence-electron chi connectivity index (χ4n) is 2.29. The number of nitrogens with one attached hydrogen (secondary N) is 2. The van der Waals surface area contributed by atoms with E-state index in [2.05, 4.69) is 16.4 Å². The number of pyridine rings is 1. The molecule has 1 aromatic carbocycles. The highest BCUT2D eigenvalue weighted by atomic mass is 16.2. The zero-order chi connectivity index (χ0) is 15.8. The van der Waals surface area contributed by atoms with Gasteiger partial charge in [-0.25, -0.2) is 0 Å². The van der Waals surface area contributed by atoms with Crippen molar-refractivity contribution in [3.63, 3.8) is 0 Å². The van der Waals surface area contributed by atoms with Gasteiger partial charge in [-0.15, -0.1) is 0 Å². The van der Waals surface area contributed by atoms with E-state index < -0.39 is 5.41 Å². The summed E-state index contributed by atoms with van der Waals surface area (Å²) in [5.74, 6) is -0.0670. The number of amides is 1. The average Bonchev–Trinajstić information content (AvgIpc) is 2.34.